The van der Waals surface area contributed by atoms with Gasteiger partial charge in [0.2, 0.25) is 0 Å². The summed E-state index contributed by atoms with van der Waals surface area (Å²) in [5, 5.41) is 0. The molecule has 0 spiro atoms. The van der Waals surface area contributed by atoms with Gasteiger partial charge in [0.15, 0.2) is 0 Å². The van der Waals surface area contributed by atoms with E-state index in [0.29, 0.717) is 0 Å². The van der Waals surface area contributed by atoms with Gasteiger partial charge in [0.1, 0.15) is 0 Å². The van der Waals surface area contributed by atoms with Gasteiger partial charge in [-0.3, -0.25) is 4.90 Å². The number of rotatable bonds is 9. The van der Waals surface area contributed by atoms with E-state index < -0.39 is 0 Å². The third kappa shape index (κ3) is 7.12. The van der Waals surface area contributed by atoms with E-state index in [4.69, 9.17) is 0 Å². The molecule has 2 aromatic rings. The topological polar surface area (TPSA) is 6.48 Å². The Balaban J connectivity index is 2.16. The van der Waals surface area contributed by atoms with Crippen molar-refractivity contribution in [2.75, 3.05) is 27.2 Å². The first-order valence-corrected chi connectivity index (χ1v) is 10.3. The standard InChI is InChI=1S/C25H38N2/c1-19-12-20(2)16-24(15-19)17-27(11-9-8-10-26(6)7)18-25-22(4)13-21(3)14-23(25)5/h12-16H,8-11,17-18H2,1-7H3. The molecule has 27 heavy (non-hydrogen) atoms. The highest BCUT2D eigenvalue weighted by molar-refractivity contribution is 5.37. The van der Waals surface area contributed by atoms with Gasteiger partial charge in [0.25, 0.3) is 0 Å². The van der Waals surface area contributed by atoms with Gasteiger partial charge in [-0.25, -0.2) is 0 Å². The van der Waals surface area contributed by atoms with Crippen LogP contribution in [0.25, 0.3) is 0 Å². The smallest absolute Gasteiger partial charge is 0.0242 e. The van der Waals surface area contributed by atoms with E-state index in [1.165, 1.54) is 58.3 Å². The van der Waals surface area contributed by atoms with Gasteiger partial charge in [0, 0.05) is 13.1 Å². The first kappa shape index (κ1) is 21.7. The van der Waals surface area contributed by atoms with E-state index in [0.717, 1.165) is 19.6 Å². The van der Waals surface area contributed by atoms with Crippen LogP contribution in [0.5, 0.6) is 0 Å². The van der Waals surface area contributed by atoms with Crippen LogP contribution in [0.3, 0.4) is 0 Å². The number of unbranched alkanes of at least 4 members (excludes halogenated alkanes) is 1. The molecule has 0 aliphatic rings. The third-order valence-electron chi connectivity index (χ3n) is 5.24. The van der Waals surface area contributed by atoms with Crippen molar-refractivity contribution in [1.82, 2.24) is 9.80 Å². The summed E-state index contributed by atoms with van der Waals surface area (Å²) in [6.07, 6.45) is 2.50. The van der Waals surface area contributed by atoms with Crippen LogP contribution in [0.2, 0.25) is 0 Å². The minimum atomic E-state index is 1.03. The van der Waals surface area contributed by atoms with E-state index >= 15 is 0 Å². The van der Waals surface area contributed by atoms with Crippen LogP contribution in [-0.2, 0) is 13.1 Å². The molecule has 0 heterocycles. The SMILES string of the molecule is Cc1cc(C)cc(CN(CCCCN(C)C)Cc2c(C)cc(C)cc2C)c1. The van der Waals surface area contributed by atoms with Crippen LogP contribution in [0.4, 0.5) is 0 Å². The molecule has 0 aliphatic carbocycles. The van der Waals surface area contributed by atoms with Crippen LogP contribution in [-0.4, -0.2) is 37.0 Å². The van der Waals surface area contributed by atoms with Gasteiger partial charge < -0.3 is 4.90 Å². The predicted octanol–water partition coefficient (Wildman–Crippen LogP) is 5.57. The maximum Gasteiger partial charge on any atom is 0.0242 e. The molecule has 0 aliphatic heterocycles. The Kier molecular flexibility index (Phi) is 8.07. The largest absolute Gasteiger partial charge is 0.309 e. The second-order valence-electron chi connectivity index (χ2n) is 8.59. The van der Waals surface area contributed by atoms with Crippen molar-refractivity contribution >= 4 is 0 Å². The van der Waals surface area contributed by atoms with Gasteiger partial charge >= 0.3 is 0 Å². The van der Waals surface area contributed by atoms with E-state index in [9.17, 15) is 0 Å². The number of nitrogens with zero attached hydrogens (tertiary/aromatic N) is 2. The average molecular weight is 367 g/mol. The summed E-state index contributed by atoms with van der Waals surface area (Å²) in [4.78, 5) is 4.91. The molecule has 0 fully saturated rings. The average Bonchev–Trinajstić information content (AvgIpc) is 2.53. The molecule has 2 aromatic carbocycles. The van der Waals surface area contributed by atoms with Crippen LogP contribution in [0, 0.1) is 34.6 Å². The fraction of sp³-hybridized carbons (Fsp3) is 0.520. The minimum absolute atomic E-state index is 1.03. The quantitative estimate of drug-likeness (QED) is 0.535. The van der Waals surface area contributed by atoms with Gasteiger partial charge in [-0.1, -0.05) is 47.0 Å². The molecule has 2 heteroatoms. The van der Waals surface area contributed by atoms with E-state index in [-0.39, 0.29) is 0 Å². The molecule has 148 valence electrons. The van der Waals surface area contributed by atoms with Gasteiger partial charge in [0.05, 0.1) is 0 Å². The Morgan fingerprint density at radius 3 is 1.70 bits per heavy atom. The zero-order chi connectivity index (χ0) is 20.0. The summed E-state index contributed by atoms with van der Waals surface area (Å²) in [6.45, 7) is 15.5. The first-order valence-electron chi connectivity index (χ1n) is 10.3. The summed E-state index contributed by atoms with van der Waals surface area (Å²) in [7, 11) is 4.32. The molecule has 0 saturated carbocycles. The third-order valence-corrected chi connectivity index (χ3v) is 5.24. The molecule has 0 unspecified atom stereocenters. The number of hydrogen-bond donors (Lipinski definition) is 0. The molecule has 0 radical (unpaired) electrons. The van der Waals surface area contributed by atoms with Crippen LogP contribution in [0.1, 0.15) is 51.8 Å². The Labute approximate surface area is 167 Å². The van der Waals surface area contributed by atoms with E-state index in [2.05, 4.69) is 88.8 Å². The number of hydrogen-bond acceptors (Lipinski definition) is 2. The summed E-state index contributed by atoms with van der Waals surface area (Å²) >= 11 is 0. The number of aryl methyl sites for hydroxylation is 5. The van der Waals surface area contributed by atoms with Crippen LogP contribution >= 0.6 is 0 Å². The molecule has 0 amide bonds. The maximum absolute atomic E-state index is 2.63. The van der Waals surface area contributed by atoms with Gasteiger partial charge in [-0.05, 0) is 96.9 Å². The summed E-state index contributed by atoms with van der Waals surface area (Å²) < 4.78 is 0. The van der Waals surface area contributed by atoms with Crippen molar-refractivity contribution in [2.45, 2.75) is 60.5 Å². The second-order valence-corrected chi connectivity index (χ2v) is 8.59. The lowest BCUT2D eigenvalue weighted by molar-refractivity contribution is 0.245. The molecular formula is C25H38N2. The Morgan fingerprint density at radius 2 is 1.15 bits per heavy atom. The summed E-state index contributed by atoms with van der Waals surface area (Å²) in [5.41, 5.74) is 9.86. The lowest BCUT2D eigenvalue weighted by Crippen LogP contribution is -2.26. The minimum Gasteiger partial charge on any atom is -0.309 e. The lowest BCUT2D eigenvalue weighted by Gasteiger charge is -2.25. The summed E-state index contributed by atoms with van der Waals surface area (Å²) in [6, 6.07) is 11.6. The molecule has 0 N–H and O–H groups in total. The molecule has 0 atom stereocenters. The molecule has 0 aromatic heterocycles. The van der Waals surface area contributed by atoms with Crippen molar-refractivity contribution < 1.29 is 0 Å². The Morgan fingerprint density at radius 1 is 0.630 bits per heavy atom. The van der Waals surface area contributed by atoms with Crippen LogP contribution < -0.4 is 0 Å². The monoisotopic (exact) mass is 366 g/mol. The fourth-order valence-electron chi connectivity index (χ4n) is 4.08. The molecular weight excluding hydrogens is 328 g/mol. The van der Waals surface area contributed by atoms with Crippen LogP contribution in [0.15, 0.2) is 30.3 Å². The summed E-state index contributed by atoms with van der Waals surface area (Å²) in [5.74, 6) is 0. The molecule has 2 nitrogen and oxygen atoms in total. The maximum atomic E-state index is 2.63. The highest BCUT2D eigenvalue weighted by atomic mass is 15.1. The van der Waals surface area contributed by atoms with E-state index in [1.807, 2.05) is 0 Å². The number of benzene rings is 2. The molecule has 0 saturated heterocycles. The fourth-order valence-corrected chi connectivity index (χ4v) is 4.08. The normalized spacial score (nSPS) is 11.6. The molecule has 0 bridgehead atoms. The highest BCUT2D eigenvalue weighted by Gasteiger charge is 2.12. The Bertz CT molecular complexity index is 703. The Hall–Kier alpha value is -1.64. The van der Waals surface area contributed by atoms with Gasteiger partial charge in [-0.15, -0.1) is 0 Å². The lowest BCUT2D eigenvalue weighted by atomic mass is 9.99. The first-order chi connectivity index (χ1) is 12.7. The zero-order valence-corrected chi connectivity index (χ0v) is 18.5. The molecule has 2 rings (SSSR count). The van der Waals surface area contributed by atoms with Gasteiger partial charge in [-0.2, -0.15) is 0 Å². The van der Waals surface area contributed by atoms with Crippen molar-refractivity contribution in [3.05, 3.63) is 69.3 Å². The zero-order valence-electron chi connectivity index (χ0n) is 18.5. The van der Waals surface area contributed by atoms with Crippen molar-refractivity contribution in [2.24, 2.45) is 0 Å². The highest BCUT2D eigenvalue weighted by Crippen LogP contribution is 2.21. The van der Waals surface area contributed by atoms with E-state index in [1.54, 1.807) is 0 Å². The van der Waals surface area contributed by atoms with Crippen molar-refractivity contribution in [3.63, 3.8) is 0 Å². The van der Waals surface area contributed by atoms with Crippen molar-refractivity contribution in [1.29, 1.82) is 0 Å². The van der Waals surface area contributed by atoms with Crippen molar-refractivity contribution in [3.8, 4) is 0 Å². The predicted molar refractivity (Wildman–Crippen MR) is 118 cm³/mol. The second kappa shape index (κ2) is 10.1.